The molecule has 3 nitrogen and oxygen atoms in total. The van der Waals surface area contributed by atoms with E-state index in [9.17, 15) is 4.79 Å². The molecule has 1 rings (SSSR count). The molecule has 1 aromatic rings. The van der Waals surface area contributed by atoms with E-state index in [1.54, 1.807) is 0 Å². The van der Waals surface area contributed by atoms with E-state index in [-0.39, 0.29) is 5.91 Å². The fourth-order valence-corrected chi connectivity index (χ4v) is 1.85. The summed E-state index contributed by atoms with van der Waals surface area (Å²) in [7, 11) is 2.08. The predicted molar refractivity (Wildman–Crippen MR) is 78.9 cm³/mol. The first-order chi connectivity index (χ1) is 8.54. The molecule has 0 aliphatic heterocycles. The van der Waals surface area contributed by atoms with Crippen molar-refractivity contribution >= 4 is 21.8 Å². The summed E-state index contributed by atoms with van der Waals surface area (Å²) in [6.07, 6.45) is 1.12. The second-order valence-corrected chi connectivity index (χ2v) is 5.42. The molecule has 18 heavy (non-hydrogen) atoms. The van der Waals surface area contributed by atoms with E-state index in [1.165, 1.54) is 0 Å². The molecule has 1 atom stereocenters. The summed E-state index contributed by atoms with van der Waals surface area (Å²) >= 11 is 3.35. The number of nitrogens with one attached hydrogen (secondary N) is 1. The van der Waals surface area contributed by atoms with E-state index in [0.29, 0.717) is 18.2 Å². The van der Waals surface area contributed by atoms with Gasteiger partial charge in [0, 0.05) is 29.2 Å². The molecule has 0 aromatic heterocycles. The van der Waals surface area contributed by atoms with Crippen LogP contribution in [-0.4, -0.2) is 37.0 Å². The van der Waals surface area contributed by atoms with Gasteiger partial charge >= 0.3 is 0 Å². The molecule has 0 bridgehead atoms. The maximum absolute atomic E-state index is 11.8. The van der Waals surface area contributed by atoms with Crippen molar-refractivity contribution in [1.82, 2.24) is 10.2 Å². The minimum absolute atomic E-state index is 0.0138. The maximum atomic E-state index is 11.8. The number of rotatable bonds is 6. The van der Waals surface area contributed by atoms with Crippen LogP contribution < -0.4 is 5.32 Å². The van der Waals surface area contributed by atoms with E-state index in [4.69, 9.17) is 0 Å². The summed E-state index contributed by atoms with van der Waals surface area (Å²) in [4.78, 5) is 14.1. The molecule has 1 unspecified atom stereocenters. The number of nitrogens with zero attached hydrogens (tertiary/aromatic N) is 1. The molecule has 0 heterocycles. The summed E-state index contributed by atoms with van der Waals surface area (Å²) < 4.78 is 0.982. The fourth-order valence-electron chi connectivity index (χ4n) is 1.58. The smallest absolute Gasteiger partial charge is 0.251 e. The number of likely N-dealkylation sites (N-methyl/N-ethyl adjacent to an activating group) is 1. The van der Waals surface area contributed by atoms with Crippen LogP contribution in [0.1, 0.15) is 30.6 Å². The fraction of sp³-hybridized carbons (Fsp3) is 0.500. The van der Waals surface area contributed by atoms with E-state index >= 15 is 0 Å². The molecular weight excluding hydrogens is 292 g/mol. The third kappa shape index (κ3) is 4.78. The Labute approximate surface area is 118 Å². The number of amides is 1. The monoisotopic (exact) mass is 312 g/mol. The van der Waals surface area contributed by atoms with Gasteiger partial charge in [0.25, 0.3) is 5.91 Å². The molecule has 100 valence electrons. The van der Waals surface area contributed by atoms with Crippen molar-refractivity contribution in [3.05, 3.63) is 34.3 Å². The number of benzene rings is 1. The van der Waals surface area contributed by atoms with Crippen LogP contribution in [0.4, 0.5) is 0 Å². The van der Waals surface area contributed by atoms with Crippen LogP contribution in [0.5, 0.6) is 0 Å². The van der Waals surface area contributed by atoms with Gasteiger partial charge in [-0.1, -0.05) is 22.9 Å². The zero-order valence-electron chi connectivity index (χ0n) is 11.2. The molecular formula is C14H21BrN2O. The molecule has 0 aliphatic rings. The van der Waals surface area contributed by atoms with Crippen LogP contribution in [-0.2, 0) is 0 Å². The second kappa shape index (κ2) is 7.54. The molecule has 1 N–H and O–H groups in total. The topological polar surface area (TPSA) is 32.3 Å². The Kier molecular flexibility index (Phi) is 6.36. The molecule has 0 saturated carbocycles. The standard InChI is InChI=1S/C14H21BrN2O/c1-4-11(2)17(3)10-9-16-14(18)12-5-7-13(15)8-6-12/h5-8,11H,4,9-10H2,1-3H3,(H,16,18). The Bertz CT molecular complexity index is 378. The zero-order chi connectivity index (χ0) is 13.5. The van der Waals surface area contributed by atoms with Gasteiger partial charge in [-0.3, -0.25) is 4.79 Å². The lowest BCUT2D eigenvalue weighted by atomic mass is 10.2. The van der Waals surface area contributed by atoms with Crippen LogP contribution in [0.3, 0.4) is 0 Å². The molecule has 4 heteroatoms. The van der Waals surface area contributed by atoms with Crippen molar-refractivity contribution in [2.75, 3.05) is 20.1 Å². The second-order valence-electron chi connectivity index (χ2n) is 4.50. The first-order valence-electron chi connectivity index (χ1n) is 6.28. The Morgan fingerprint density at radius 1 is 1.39 bits per heavy atom. The van der Waals surface area contributed by atoms with Gasteiger partial charge in [0.15, 0.2) is 0 Å². The largest absolute Gasteiger partial charge is 0.351 e. The van der Waals surface area contributed by atoms with Crippen molar-refractivity contribution in [1.29, 1.82) is 0 Å². The molecule has 0 radical (unpaired) electrons. The van der Waals surface area contributed by atoms with Crippen LogP contribution in [0.15, 0.2) is 28.7 Å². The highest BCUT2D eigenvalue weighted by molar-refractivity contribution is 9.10. The van der Waals surface area contributed by atoms with Crippen LogP contribution in [0.25, 0.3) is 0 Å². The van der Waals surface area contributed by atoms with Gasteiger partial charge < -0.3 is 10.2 Å². The Hall–Kier alpha value is -0.870. The first kappa shape index (κ1) is 15.2. The zero-order valence-corrected chi connectivity index (χ0v) is 12.8. The number of carbonyl (C=O) groups is 1. The number of hydrogen-bond acceptors (Lipinski definition) is 2. The lowest BCUT2D eigenvalue weighted by molar-refractivity contribution is 0.0947. The average Bonchev–Trinajstić information content (AvgIpc) is 2.38. The van der Waals surface area contributed by atoms with Gasteiger partial charge in [0.2, 0.25) is 0 Å². The molecule has 0 saturated heterocycles. The average molecular weight is 313 g/mol. The number of halogens is 1. The minimum atomic E-state index is -0.0138. The summed E-state index contributed by atoms with van der Waals surface area (Å²) in [5, 5.41) is 2.93. The van der Waals surface area contributed by atoms with E-state index in [0.717, 1.165) is 17.4 Å². The highest BCUT2D eigenvalue weighted by Gasteiger charge is 2.08. The van der Waals surface area contributed by atoms with Crippen LogP contribution >= 0.6 is 15.9 Å². The Morgan fingerprint density at radius 3 is 2.56 bits per heavy atom. The molecule has 0 aliphatic carbocycles. The van der Waals surface area contributed by atoms with Gasteiger partial charge in [-0.15, -0.1) is 0 Å². The molecule has 1 amide bonds. The lowest BCUT2D eigenvalue weighted by Gasteiger charge is -2.23. The van der Waals surface area contributed by atoms with Gasteiger partial charge in [0.05, 0.1) is 0 Å². The van der Waals surface area contributed by atoms with Gasteiger partial charge in [-0.25, -0.2) is 0 Å². The summed E-state index contributed by atoms with van der Waals surface area (Å²) in [6.45, 7) is 5.91. The number of hydrogen-bond donors (Lipinski definition) is 1. The van der Waals surface area contributed by atoms with E-state index in [2.05, 4.69) is 47.0 Å². The highest BCUT2D eigenvalue weighted by Crippen LogP contribution is 2.10. The summed E-state index contributed by atoms with van der Waals surface area (Å²) in [6, 6.07) is 7.94. The third-order valence-corrected chi connectivity index (χ3v) is 3.73. The third-order valence-electron chi connectivity index (χ3n) is 3.20. The summed E-state index contributed by atoms with van der Waals surface area (Å²) in [5.41, 5.74) is 0.699. The molecule has 0 spiro atoms. The lowest BCUT2D eigenvalue weighted by Crippen LogP contribution is -2.37. The van der Waals surface area contributed by atoms with Crippen molar-refractivity contribution in [3.8, 4) is 0 Å². The Balaban J connectivity index is 2.35. The predicted octanol–water partition coefficient (Wildman–Crippen LogP) is 2.91. The van der Waals surface area contributed by atoms with Gasteiger partial charge in [-0.05, 0) is 44.7 Å². The van der Waals surface area contributed by atoms with E-state index in [1.807, 2.05) is 24.3 Å². The van der Waals surface area contributed by atoms with E-state index < -0.39 is 0 Å². The van der Waals surface area contributed by atoms with Crippen LogP contribution in [0, 0.1) is 0 Å². The SMILES string of the molecule is CCC(C)N(C)CCNC(=O)c1ccc(Br)cc1. The first-order valence-corrected chi connectivity index (χ1v) is 7.08. The quantitative estimate of drug-likeness (QED) is 0.876. The molecule has 0 fully saturated rings. The Morgan fingerprint density at radius 2 is 2.00 bits per heavy atom. The van der Waals surface area contributed by atoms with Crippen LogP contribution in [0.2, 0.25) is 0 Å². The van der Waals surface area contributed by atoms with Crippen molar-refractivity contribution in [2.24, 2.45) is 0 Å². The molecule has 1 aromatic carbocycles. The number of carbonyl (C=O) groups excluding carboxylic acids is 1. The van der Waals surface area contributed by atoms with Gasteiger partial charge in [0.1, 0.15) is 0 Å². The van der Waals surface area contributed by atoms with Crippen molar-refractivity contribution < 1.29 is 4.79 Å². The maximum Gasteiger partial charge on any atom is 0.251 e. The normalized spacial score (nSPS) is 12.5. The van der Waals surface area contributed by atoms with Crippen molar-refractivity contribution in [2.45, 2.75) is 26.3 Å². The summed E-state index contributed by atoms with van der Waals surface area (Å²) in [5.74, 6) is -0.0138. The van der Waals surface area contributed by atoms with Gasteiger partial charge in [-0.2, -0.15) is 0 Å². The minimum Gasteiger partial charge on any atom is -0.351 e. The van der Waals surface area contributed by atoms with Crippen molar-refractivity contribution in [3.63, 3.8) is 0 Å². The highest BCUT2D eigenvalue weighted by atomic mass is 79.9.